The number of nitrogens with zero attached hydrogens (tertiary/aromatic N) is 1. The van der Waals surface area contributed by atoms with Crippen LogP contribution >= 0.6 is 0 Å². The van der Waals surface area contributed by atoms with Gasteiger partial charge in [0, 0.05) is 18.6 Å². The molecule has 0 radical (unpaired) electrons. The maximum Gasteiger partial charge on any atom is 0.0354 e. The fraction of sp³-hybridized carbons (Fsp3) is 1.00. The van der Waals surface area contributed by atoms with Crippen LogP contribution in [0.15, 0.2) is 0 Å². The van der Waals surface area contributed by atoms with Gasteiger partial charge in [-0.1, -0.05) is 6.92 Å². The molecule has 0 spiro atoms. The van der Waals surface area contributed by atoms with Crippen LogP contribution < -0.4 is 5.73 Å². The monoisotopic (exact) mass is 196 g/mol. The molecule has 2 N–H and O–H groups in total. The summed E-state index contributed by atoms with van der Waals surface area (Å²) in [6.07, 6.45) is 5.58. The van der Waals surface area contributed by atoms with E-state index in [2.05, 4.69) is 25.8 Å². The zero-order valence-electron chi connectivity index (χ0n) is 9.84. The second-order valence-corrected chi connectivity index (χ2v) is 5.86. The maximum atomic E-state index is 5.99. The van der Waals surface area contributed by atoms with Gasteiger partial charge >= 0.3 is 0 Å². The highest BCUT2D eigenvalue weighted by molar-refractivity contribution is 5.09. The summed E-state index contributed by atoms with van der Waals surface area (Å²) in [5, 5.41) is 0. The van der Waals surface area contributed by atoms with Crippen LogP contribution in [0.1, 0.15) is 39.5 Å². The van der Waals surface area contributed by atoms with Gasteiger partial charge in [-0.3, -0.25) is 4.90 Å². The average molecular weight is 196 g/mol. The standard InChI is InChI=1S/C12H24N2/c1-11(6-7-11)12(2,9-13)14(3)8-10-4-5-10/h10H,4-9,13H2,1-3H3. The number of hydrogen-bond acceptors (Lipinski definition) is 2. The SMILES string of the molecule is CN(CC1CC1)C(C)(CN)C1(C)CC1. The smallest absolute Gasteiger partial charge is 0.0354 e. The highest BCUT2D eigenvalue weighted by Crippen LogP contribution is 2.55. The summed E-state index contributed by atoms with van der Waals surface area (Å²) in [5.74, 6) is 0.966. The van der Waals surface area contributed by atoms with Crippen molar-refractivity contribution in [3.05, 3.63) is 0 Å². The zero-order chi connectivity index (χ0) is 10.4. The Morgan fingerprint density at radius 2 is 2.00 bits per heavy atom. The Morgan fingerprint density at radius 3 is 2.36 bits per heavy atom. The van der Waals surface area contributed by atoms with E-state index in [1.807, 2.05) is 0 Å². The van der Waals surface area contributed by atoms with Crippen molar-refractivity contribution in [1.82, 2.24) is 4.90 Å². The summed E-state index contributed by atoms with van der Waals surface area (Å²) in [7, 11) is 2.26. The van der Waals surface area contributed by atoms with Crippen molar-refractivity contribution in [2.75, 3.05) is 20.1 Å². The van der Waals surface area contributed by atoms with Crippen molar-refractivity contribution in [3.63, 3.8) is 0 Å². The fourth-order valence-electron chi connectivity index (χ4n) is 2.48. The molecule has 14 heavy (non-hydrogen) atoms. The maximum absolute atomic E-state index is 5.99. The zero-order valence-corrected chi connectivity index (χ0v) is 9.84. The summed E-state index contributed by atoms with van der Waals surface area (Å²) < 4.78 is 0. The molecule has 0 aliphatic heterocycles. The molecule has 2 aliphatic carbocycles. The minimum absolute atomic E-state index is 0.232. The lowest BCUT2D eigenvalue weighted by molar-refractivity contribution is 0.0685. The van der Waals surface area contributed by atoms with E-state index in [0.29, 0.717) is 5.41 Å². The summed E-state index contributed by atoms with van der Waals surface area (Å²) in [5.41, 5.74) is 6.71. The molecule has 82 valence electrons. The summed E-state index contributed by atoms with van der Waals surface area (Å²) in [4.78, 5) is 2.53. The van der Waals surface area contributed by atoms with Crippen molar-refractivity contribution in [2.24, 2.45) is 17.1 Å². The second-order valence-electron chi connectivity index (χ2n) is 5.86. The van der Waals surface area contributed by atoms with Crippen LogP contribution in [0.25, 0.3) is 0 Å². The lowest BCUT2D eigenvalue weighted by Crippen LogP contribution is -2.55. The van der Waals surface area contributed by atoms with Crippen LogP contribution in [0.3, 0.4) is 0 Å². The van der Waals surface area contributed by atoms with Crippen LogP contribution in [0.2, 0.25) is 0 Å². The summed E-state index contributed by atoms with van der Waals surface area (Å²) >= 11 is 0. The first-order valence-corrected chi connectivity index (χ1v) is 5.93. The molecule has 2 aliphatic rings. The first-order chi connectivity index (χ1) is 6.52. The van der Waals surface area contributed by atoms with E-state index < -0.39 is 0 Å². The molecule has 2 rings (SSSR count). The van der Waals surface area contributed by atoms with Gasteiger partial charge in [-0.15, -0.1) is 0 Å². The molecular weight excluding hydrogens is 172 g/mol. The summed E-state index contributed by atoms with van der Waals surface area (Å²) in [6.45, 7) is 6.79. The molecule has 0 aromatic rings. The van der Waals surface area contributed by atoms with Crippen LogP contribution in [-0.4, -0.2) is 30.6 Å². The predicted octanol–water partition coefficient (Wildman–Crippen LogP) is 1.85. The van der Waals surface area contributed by atoms with Gasteiger partial charge in [-0.25, -0.2) is 0 Å². The predicted molar refractivity (Wildman–Crippen MR) is 60.2 cm³/mol. The van der Waals surface area contributed by atoms with Gasteiger partial charge in [0.15, 0.2) is 0 Å². The fourth-order valence-corrected chi connectivity index (χ4v) is 2.48. The molecule has 1 unspecified atom stereocenters. The Balaban J connectivity index is 2.01. The Bertz CT molecular complexity index is 218. The lowest BCUT2D eigenvalue weighted by atomic mass is 9.82. The molecule has 2 saturated carbocycles. The second kappa shape index (κ2) is 3.21. The van der Waals surface area contributed by atoms with Crippen molar-refractivity contribution in [1.29, 1.82) is 0 Å². The summed E-state index contributed by atoms with van der Waals surface area (Å²) in [6, 6.07) is 0. The molecule has 0 aromatic carbocycles. The third-order valence-corrected chi connectivity index (χ3v) is 4.77. The molecule has 2 nitrogen and oxygen atoms in total. The molecule has 0 amide bonds. The normalized spacial score (nSPS) is 28.9. The largest absolute Gasteiger partial charge is 0.329 e. The van der Waals surface area contributed by atoms with E-state index in [4.69, 9.17) is 5.73 Å². The van der Waals surface area contributed by atoms with Crippen molar-refractivity contribution in [3.8, 4) is 0 Å². The molecule has 0 saturated heterocycles. The molecule has 2 heteroatoms. The third kappa shape index (κ3) is 1.59. The number of rotatable bonds is 5. The van der Waals surface area contributed by atoms with E-state index in [-0.39, 0.29) is 5.54 Å². The molecule has 0 bridgehead atoms. The van der Waals surface area contributed by atoms with Gasteiger partial charge in [0.05, 0.1) is 0 Å². The highest BCUT2D eigenvalue weighted by atomic mass is 15.2. The molecule has 2 fully saturated rings. The minimum atomic E-state index is 0.232. The minimum Gasteiger partial charge on any atom is -0.329 e. The van der Waals surface area contributed by atoms with Crippen LogP contribution in [0.5, 0.6) is 0 Å². The van der Waals surface area contributed by atoms with E-state index in [1.54, 1.807) is 0 Å². The Morgan fingerprint density at radius 1 is 1.43 bits per heavy atom. The Kier molecular flexibility index (Phi) is 2.39. The van der Waals surface area contributed by atoms with Gasteiger partial charge < -0.3 is 5.73 Å². The van der Waals surface area contributed by atoms with Gasteiger partial charge in [0.2, 0.25) is 0 Å². The van der Waals surface area contributed by atoms with Gasteiger partial charge in [0.25, 0.3) is 0 Å². The highest BCUT2D eigenvalue weighted by Gasteiger charge is 2.54. The number of hydrogen-bond donors (Lipinski definition) is 1. The number of likely N-dealkylation sites (N-methyl/N-ethyl adjacent to an activating group) is 1. The molecule has 0 heterocycles. The van der Waals surface area contributed by atoms with Crippen molar-refractivity contribution < 1.29 is 0 Å². The quantitative estimate of drug-likeness (QED) is 0.727. The van der Waals surface area contributed by atoms with Gasteiger partial charge in [-0.2, -0.15) is 0 Å². The van der Waals surface area contributed by atoms with E-state index in [0.717, 1.165) is 12.5 Å². The molecule has 1 atom stereocenters. The molecular formula is C12H24N2. The topological polar surface area (TPSA) is 29.3 Å². The first kappa shape index (κ1) is 10.4. The van der Waals surface area contributed by atoms with Crippen LogP contribution in [-0.2, 0) is 0 Å². The number of nitrogens with two attached hydrogens (primary N) is 1. The average Bonchev–Trinajstić information content (AvgIpc) is 3.02. The lowest BCUT2D eigenvalue weighted by Gasteiger charge is -2.43. The third-order valence-electron chi connectivity index (χ3n) is 4.77. The Labute approximate surface area is 87.8 Å². The van der Waals surface area contributed by atoms with Crippen molar-refractivity contribution >= 4 is 0 Å². The first-order valence-electron chi connectivity index (χ1n) is 5.93. The van der Waals surface area contributed by atoms with Gasteiger partial charge in [0.1, 0.15) is 0 Å². The van der Waals surface area contributed by atoms with Crippen LogP contribution in [0, 0.1) is 11.3 Å². The van der Waals surface area contributed by atoms with E-state index >= 15 is 0 Å². The molecule has 0 aromatic heterocycles. The Hall–Kier alpha value is -0.0800. The van der Waals surface area contributed by atoms with E-state index in [1.165, 1.54) is 32.2 Å². The van der Waals surface area contributed by atoms with Crippen LogP contribution in [0.4, 0.5) is 0 Å². The van der Waals surface area contributed by atoms with E-state index in [9.17, 15) is 0 Å². The van der Waals surface area contributed by atoms with Crippen molar-refractivity contribution in [2.45, 2.75) is 45.1 Å². The van der Waals surface area contributed by atoms with Gasteiger partial charge in [-0.05, 0) is 51.0 Å².